The van der Waals surface area contributed by atoms with Crippen molar-refractivity contribution in [3.8, 4) is 5.75 Å². The van der Waals surface area contributed by atoms with E-state index in [4.69, 9.17) is 9.72 Å². The van der Waals surface area contributed by atoms with Gasteiger partial charge in [-0.05, 0) is 61.4 Å². The zero-order chi connectivity index (χ0) is 25.5. The number of nitrogens with zero attached hydrogens (tertiary/aromatic N) is 3. The first kappa shape index (κ1) is 25.7. The summed E-state index contributed by atoms with van der Waals surface area (Å²) in [6.45, 7) is 5.16. The number of hydrogen-bond acceptors (Lipinski definition) is 5. The summed E-state index contributed by atoms with van der Waals surface area (Å²) in [5.74, 6) is 0.451. The quantitative estimate of drug-likeness (QED) is 0.492. The zero-order valence-electron chi connectivity index (χ0n) is 21.2. The lowest BCUT2D eigenvalue weighted by molar-refractivity contribution is -0.122. The number of carbonyl (C=O) groups excluding carboxylic acids is 2. The molecule has 3 heterocycles. The molecular formula is C27H36FN5O3. The molecule has 2 N–H and O–H groups in total. The zero-order valence-corrected chi connectivity index (χ0v) is 21.2. The molecule has 0 unspecified atom stereocenters. The normalized spacial score (nSPS) is 15.9. The summed E-state index contributed by atoms with van der Waals surface area (Å²) in [5.41, 5.74) is 2.87. The molecule has 0 aliphatic carbocycles. The lowest BCUT2D eigenvalue weighted by Gasteiger charge is -2.28. The van der Waals surface area contributed by atoms with Gasteiger partial charge in [-0.15, -0.1) is 0 Å². The summed E-state index contributed by atoms with van der Waals surface area (Å²) in [4.78, 5) is 34.2. The number of urea groups is 1. The number of aromatic nitrogens is 1. The fourth-order valence-corrected chi connectivity index (χ4v) is 4.87. The second-order valence-electron chi connectivity index (χ2n) is 9.37. The van der Waals surface area contributed by atoms with Crippen LogP contribution < -0.4 is 15.4 Å². The van der Waals surface area contributed by atoms with Crippen molar-refractivity contribution in [3.63, 3.8) is 0 Å². The first-order chi connectivity index (χ1) is 17.5. The minimum absolute atomic E-state index is 0.0807. The third kappa shape index (κ3) is 6.06. The number of pyridine rings is 1. The Morgan fingerprint density at radius 2 is 2.14 bits per heavy atom. The Balaban J connectivity index is 1.40. The lowest BCUT2D eigenvalue weighted by Crippen LogP contribution is -2.38. The maximum Gasteiger partial charge on any atom is 0.320 e. The second-order valence-corrected chi connectivity index (χ2v) is 9.37. The number of methoxy groups -OCH3 is 1. The fourth-order valence-electron chi connectivity index (χ4n) is 4.87. The van der Waals surface area contributed by atoms with Crippen LogP contribution in [0.25, 0.3) is 0 Å². The highest BCUT2D eigenvalue weighted by Gasteiger charge is 2.35. The van der Waals surface area contributed by atoms with Gasteiger partial charge in [-0.1, -0.05) is 19.1 Å². The number of ether oxygens (including phenoxy) is 1. The van der Waals surface area contributed by atoms with E-state index in [2.05, 4.69) is 22.8 Å². The molecule has 1 aromatic heterocycles. The van der Waals surface area contributed by atoms with E-state index in [0.717, 1.165) is 50.2 Å². The molecule has 2 aliphatic heterocycles. The van der Waals surface area contributed by atoms with Crippen molar-refractivity contribution in [1.82, 2.24) is 20.1 Å². The van der Waals surface area contributed by atoms with Crippen LogP contribution in [0.4, 0.5) is 15.0 Å². The van der Waals surface area contributed by atoms with Crippen molar-refractivity contribution in [2.24, 2.45) is 0 Å². The number of carbonyl (C=O) groups is 2. The fraction of sp³-hybridized carbons (Fsp3) is 0.519. The van der Waals surface area contributed by atoms with Crippen LogP contribution in [0.1, 0.15) is 55.5 Å². The largest absolute Gasteiger partial charge is 0.494 e. The topological polar surface area (TPSA) is 86.8 Å². The minimum atomic E-state index is -0.548. The van der Waals surface area contributed by atoms with E-state index >= 15 is 0 Å². The van der Waals surface area contributed by atoms with Gasteiger partial charge in [0, 0.05) is 38.4 Å². The maximum atomic E-state index is 14.5. The number of nitrogens with one attached hydrogen (secondary N) is 2. The monoisotopic (exact) mass is 497 g/mol. The average molecular weight is 498 g/mol. The summed E-state index contributed by atoms with van der Waals surface area (Å²) in [5, 5.41) is 6.24. The van der Waals surface area contributed by atoms with Gasteiger partial charge in [0.25, 0.3) is 0 Å². The van der Waals surface area contributed by atoms with Crippen LogP contribution >= 0.6 is 0 Å². The summed E-state index contributed by atoms with van der Waals surface area (Å²) < 4.78 is 19.5. The number of rotatable bonds is 11. The molecule has 9 heteroatoms. The number of halogens is 1. The van der Waals surface area contributed by atoms with Crippen molar-refractivity contribution < 1.29 is 18.7 Å². The molecule has 0 saturated carbocycles. The molecule has 2 aromatic rings. The molecule has 0 bridgehead atoms. The maximum absolute atomic E-state index is 14.5. The Bertz CT molecular complexity index is 1080. The van der Waals surface area contributed by atoms with Gasteiger partial charge >= 0.3 is 6.03 Å². The molecule has 1 aromatic carbocycles. The number of fused-ring (bicyclic) bond motifs is 1. The lowest BCUT2D eigenvalue weighted by atomic mass is 10.0. The van der Waals surface area contributed by atoms with E-state index in [9.17, 15) is 14.0 Å². The van der Waals surface area contributed by atoms with E-state index < -0.39 is 11.9 Å². The van der Waals surface area contributed by atoms with Crippen molar-refractivity contribution in [2.75, 3.05) is 45.2 Å². The predicted molar refractivity (Wildman–Crippen MR) is 137 cm³/mol. The molecule has 0 spiro atoms. The van der Waals surface area contributed by atoms with E-state index in [-0.39, 0.29) is 24.1 Å². The molecule has 1 fully saturated rings. The van der Waals surface area contributed by atoms with Crippen LogP contribution in [-0.2, 0) is 17.6 Å². The molecule has 194 valence electrons. The third-order valence-electron chi connectivity index (χ3n) is 6.83. The molecule has 8 nitrogen and oxygen atoms in total. The summed E-state index contributed by atoms with van der Waals surface area (Å²) in [7, 11) is 1.41. The van der Waals surface area contributed by atoms with E-state index in [1.165, 1.54) is 18.7 Å². The van der Waals surface area contributed by atoms with Gasteiger partial charge in [0.05, 0.1) is 19.6 Å². The number of amides is 3. The molecule has 1 atom stereocenters. The van der Waals surface area contributed by atoms with E-state index in [1.54, 1.807) is 17.0 Å². The predicted octanol–water partition coefficient (Wildman–Crippen LogP) is 3.92. The Kier molecular flexibility index (Phi) is 8.61. The third-order valence-corrected chi connectivity index (χ3v) is 6.83. The van der Waals surface area contributed by atoms with Crippen LogP contribution in [0.15, 0.2) is 30.3 Å². The van der Waals surface area contributed by atoms with Crippen molar-refractivity contribution in [1.29, 1.82) is 0 Å². The summed E-state index contributed by atoms with van der Waals surface area (Å²) >= 11 is 0. The Morgan fingerprint density at radius 3 is 2.92 bits per heavy atom. The smallest absolute Gasteiger partial charge is 0.320 e. The Labute approximate surface area is 212 Å². The van der Waals surface area contributed by atoms with Gasteiger partial charge in [0.2, 0.25) is 5.91 Å². The van der Waals surface area contributed by atoms with Gasteiger partial charge in [0.1, 0.15) is 5.82 Å². The highest BCUT2D eigenvalue weighted by molar-refractivity contribution is 5.80. The van der Waals surface area contributed by atoms with Gasteiger partial charge in [-0.3, -0.25) is 4.79 Å². The van der Waals surface area contributed by atoms with Crippen molar-refractivity contribution in [2.45, 2.75) is 51.5 Å². The van der Waals surface area contributed by atoms with Crippen LogP contribution in [0.5, 0.6) is 5.75 Å². The van der Waals surface area contributed by atoms with Gasteiger partial charge in [-0.25, -0.2) is 14.2 Å². The minimum Gasteiger partial charge on any atom is -0.494 e. The van der Waals surface area contributed by atoms with E-state index in [0.29, 0.717) is 31.7 Å². The SMILES string of the molecule is CCCNC(=O)C[C@@H](c1ccc(OC)c(F)c1)N1CCN(CCCc2ccc3c(n2)NCCC3)C1=O. The van der Waals surface area contributed by atoms with Gasteiger partial charge < -0.3 is 25.2 Å². The van der Waals surface area contributed by atoms with Crippen LogP contribution in [0.3, 0.4) is 0 Å². The van der Waals surface area contributed by atoms with Crippen LogP contribution in [-0.4, -0.2) is 66.6 Å². The average Bonchev–Trinajstić information content (AvgIpc) is 3.25. The van der Waals surface area contributed by atoms with Crippen LogP contribution in [0, 0.1) is 5.82 Å². The highest BCUT2D eigenvalue weighted by atomic mass is 19.1. The Hall–Kier alpha value is -3.36. The first-order valence-electron chi connectivity index (χ1n) is 12.9. The molecule has 3 amide bonds. The standard InChI is InChI=1S/C27H36FN5O3/c1-3-12-29-25(34)18-23(20-9-11-24(36-2)22(28)17-20)33-16-15-32(27(33)35)14-5-7-21-10-8-19-6-4-13-30-26(19)31-21/h8-11,17,23H,3-7,12-16,18H2,1-2H3,(H,29,34)(H,30,31)/t23-/m0/s1. The molecule has 0 radical (unpaired) electrons. The van der Waals surface area contributed by atoms with Crippen LogP contribution in [0.2, 0.25) is 0 Å². The number of hydrogen-bond donors (Lipinski definition) is 2. The Morgan fingerprint density at radius 1 is 1.28 bits per heavy atom. The number of anilines is 1. The number of aryl methyl sites for hydroxylation is 2. The molecule has 36 heavy (non-hydrogen) atoms. The second kappa shape index (κ2) is 12.1. The first-order valence-corrected chi connectivity index (χ1v) is 12.9. The summed E-state index contributed by atoms with van der Waals surface area (Å²) in [6, 6.07) is 8.18. The highest BCUT2D eigenvalue weighted by Crippen LogP contribution is 2.31. The molecule has 4 rings (SSSR count). The summed E-state index contributed by atoms with van der Waals surface area (Å²) in [6.07, 6.45) is 4.67. The van der Waals surface area contributed by atoms with Gasteiger partial charge in [-0.2, -0.15) is 0 Å². The van der Waals surface area contributed by atoms with Gasteiger partial charge in [0.15, 0.2) is 11.6 Å². The van der Waals surface area contributed by atoms with Crippen molar-refractivity contribution in [3.05, 3.63) is 53.0 Å². The molecular weight excluding hydrogens is 461 g/mol. The van der Waals surface area contributed by atoms with E-state index in [1.807, 2.05) is 11.8 Å². The van der Waals surface area contributed by atoms with Crippen molar-refractivity contribution >= 4 is 17.8 Å². The molecule has 1 saturated heterocycles. The number of benzene rings is 1. The molecule has 2 aliphatic rings.